The van der Waals surface area contributed by atoms with E-state index in [1.54, 1.807) is 0 Å². The Morgan fingerprint density at radius 3 is 2.41 bits per heavy atom. The number of imidazole rings is 1. The summed E-state index contributed by atoms with van der Waals surface area (Å²) in [7, 11) is 0. The summed E-state index contributed by atoms with van der Waals surface area (Å²) in [5, 5.41) is 0. The van der Waals surface area contributed by atoms with Gasteiger partial charge in [-0.3, -0.25) is 0 Å². The maximum absolute atomic E-state index is 6.23. The van der Waals surface area contributed by atoms with E-state index in [1.165, 1.54) is 16.7 Å². The van der Waals surface area contributed by atoms with Gasteiger partial charge in [0.05, 0.1) is 12.4 Å². The molecule has 0 bridgehead atoms. The maximum Gasteiger partial charge on any atom is 0.0946 e. The summed E-state index contributed by atoms with van der Waals surface area (Å²) in [6.45, 7) is 3.72. The lowest BCUT2D eigenvalue weighted by atomic mass is 10.0. The molecular formula is C23H29N3O. The molecule has 3 rings (SSSR count). The molecule has 0 saturated carbocycles. The van der Waals surface area contributed by atoms with Crippen molar-refractivity contribution in [2.45, 2.75) is 45.3 Å². The summed E-state index contributed by atoms with van der Waals surface area (Å²) in [6.07, 6.45) is 9.91. The van der Waals surface area contributed by atoms with Crippen LogP contribution in [-0.4, -0.2) is 22.3 Å². The van der Waals surface area contributed by atoms with Crippen LogP contribution in [0.2, 0.25) is 0 Å². The fourth-order valence-electron chi connectivity index (χ4n) is 3.15. The summed E-state index contributed by atoms with van der Waals surface area (Å²) < 4.78 is 8.33. The van der Waals surface area contributed by atoms with Gasteiger partial charge in [0.1, 0.15) is 0 Å². The lowest BCUT2D eigenvalue weighted by molar-refractivity contribution is 0.0346. The number of aryl methyl sites for hydroxylation is 3. The van der Waals surface area contributed by atoms with Gasteiger partial charge in [0.25, 0.3) is 0 Å². The van der Waals surface area contributed by atoms with E-state index in [0.717, 1.165) is 44.5 Å². The second kappa shape index (κ2) is 9.93. The normalized spacial score (nSPS) is 12.2. The number of ether oxygens (including phenoxy) is 1. The zero-order chi connectivity index (χ0) is 18.9. The van der Waals surface area contributed by atoms with Crippen LogP contribution in [0.1, 0.15) is 29.5 Å². The molecule has 1 heterocycles. The van der Waals surface area contributed by atoms with Crippen LogP contribution in [0.25, 0.3) is 0 Å². The molecule has 1 unspecified atom stereocenters. The van der Waals surface area contributed by atoms with Crippen LogP contribution in [0.15, 0.2) is 67.3 Å². The molecule has 4 heteroatoms. The van der Waals surface area contributed by atoms with Gasteiger partial charge >= 0.3 is 0 Å². The number of benzene rings is 2. The quantitative estimate of drug-likeness (QED) is 0.428. The lowest BCUT2D eigenvalue weighted by Crippen LogP contribution is -2.21. The SMILES string of the molecule is Cc1ccc(CCC(Cn2ccnc2)OCCCc2ccc(N)cc2)cc1. The zero-order valence-corrected chi connectivity index (χ0v) is 16.1. The van der Waals surface area contributed by atoms with Crippen molar-refractivity contribution in [1.82, 2.24) is 9.55 Å². The van der Waals surface area contributed by atoms with Crippen molar-refractivity contribution in [2.24, 2.45) is 0 Å². The van der Waals surface area contributed by atoms with E-state index in [2.05, 4.69) is 52.9 Å². The molecule has 0 amide bonds. The number of nitrogens with zero attached hydrogens (tertiary/aromatic N) is 2. The molecule has 0 radical (unpaired) electrons. The Labute approximate surface area is 162 Å². The Balaban J connectivity index is 1.48. The van der Waals surface area contributed by atoms with E-state index < -0.39 is 0 Å². The first-order valence-electron chi connectivity index (χ1n) is 9.66. The van der Waals surface area contributed by atoms with Gasteiger partial charge in [-0.15, -0.1) is 0 Å². The topological polar surface area (TPSA) is 53.1 Å². The Morgan fingerprint density at radius 2 is 1.70 bits per heavy atom. The first kappa shape index (κ1) is 19.2. The Hall–Kier alpha value is -2.59. The Morgan fingerprint density at radius 1 is 1.00 bits per heavy atom. The minimum absolute atomic E-state index is 0.187. The fourth-order valence-corrected chi connectivity index (χ4v) is 3.15. The smallest absolute Gasteiger partial charge is 0.0946 e. The third kappa shape index (κ3) is 6.57. The number of hydrogen-bond donors (Lipinski definition) is 1. The second-order valence-corrected chi connectivity index (χ2v) is 7.12. The number of aromatic nitrogens is 2. The largest absolute Gasteiger partial charge is 0.399 e. The number of nitrogen functional groups attached to an aromatic ring is 1. The number of hydrogen-bond acceptors (Lipinski definition) is 3. The van der Waals surface area contributed by atoms with Gasteiger partial charge < -0.3 is 15.0 Å². The Bertz CT molecular complexity index is 780. The van der Waals surface area contributed by atoms with Gasteiger partial charge in [-0.1, -0.05) is 42.0 Å². The van der Waals surface area contributed by atoms with E-state index in [1.807, 2.05) is 30.9 Å². The molecule has 0 spiro atoms. The molecular weight excluding hydrogens is 334 g/mol. The molecule has 27 heavy (non-hydrogen) atoms. The predicted molar refractivity (Wildman–Crippen MR) is 111 cm³/mol. The minimum atomic E-state index is 0.187. The molecule has 3 aromatic rings. The number of anilines is 1. The molecule has 0 aliphatic carbocycles. The molecule has 142 valence electrons. The average molecular weight is 364 g/mol. The maximum atomic E-state index is 6.23. The monoisotopic (exact) mass is 363 g/mol. The van der Waals surface area contributed by atoms with Crippen LogP contribution in [-0.2, 0) is 24.1 Å². The van der Waals surface area contributed by atoms with Crippen LogP contribution >= 0.6 is 0 Å². The van der Waals surface area contributed by atoms with Crippen molar-refractivity contribution in [2.75, 3.05) is 12.3 Å². The molecule has 4 nitrogen and oxygen atoms in total. The van der Waals surface area contributed by atoms with Crippen molar-refractivity contribution in [1.29, 1.82) is 0 Å². The molecule has 2 N–H and O–H groups in total. The first-order valence-corrected chi connectivity index (χ1v) is 9.66. The van der Waals surface area contributed by atoms with Crippen molar-refractivity contribution < 1.29 is 4.74 Å². The third-order valence-corrected chi connectivity index (χ3v) is 4.79. The zero-order valence-electron chi connectivity index (χ0n) is 16.1. The standard InChI is InChI=1S/C23H29N3O/c1-19-4-6-21(7-5-19)10-13-23(17-26-15-14-25-18-26)27-16-2-3-20-8-11-22(24)12-9-20/h4-9,11-12,14-15,18,23H,2-3,10,13,16-17,24H2,1H3. The van der Waals surface area contributed by atoms with Crippen LogP contribution in [0, 0.1) is 6.92 Å². The highest BCUT2D eigenvalue weighted by Crippen LogP contribution is 2.13. The summed E-state index contributed by atoms with van der Waals surface area (Å²) >= 11 is 0. The van der Waals surface area contributed by atoms with Crippen LogP contribution in [0.3, 0.4) is 0 Å². The predicted octanol–water partition coefficient (Wildman–Crippen LogP) is 4.42. The van der Waals surface area contributed by atoms with Gasteiger partial charge in [0.15, 0.2) is 0 Å². The van der Waals surface area contributed by atoms with E-state index >= 15 is 0 Å². The van der Waals surface area contributed by atoms with Crippen molar-refractivity contribution in [3.8, 4) is 0 Å². The highest BCUT2D eigenvalue weighted by molar-refractivity contribution is 5.39. The number of nitrogens with two attached hydrogens (primary N) is 1. The molecule has 0 saturated heterocycles. The second-order valence-electron chi connectivity index (χ2n) is 7.12. The van der Waals surface area contributed by atoms with Gasteiger partial charge in [-0.2, -0.15) is 0 Å². The fraction of sp³-hybridized carbons (Fsp3) is 0.348. The van der Waals surface area contributed by atoms with E-state index in [-0.39, 0.29) is 6.10 Å². The van der Waals surface area contributed by atoms with Crippen molar-refractivity contribution >= 4 is 5.69 Å². The van der Waals surface area contributed by atoms with Gasteiger partial charge in [-0.25, -0.2) is 4.98 Å². The summed E-state index contributed by atoms with van der Waals surface area (Å²) in [5.41, 5.74) is 10.5. The molecule has 1 atom stereocenters. The molecule has 0 fully saturated rings. The van der Waals surface area contributed by atoms with Gasteiger partial charge in [0.2, 0.25) is 0 Å². The highest BCUT2D eigenvalue weighted by Gasteiger charge is 2.11. The lowest BCUT2D eigenvalue weighted by Gasteiger charge is -2.19. The van der Waals surface area contributed by atoms with E-state index in [0.29, 0.717) is 0 Å². The van der Waals surface area contributed by atoms with Gasteiger partial charge in [0, 0.05) is 31.2 Å². The molecule has 0 aliphatic heterocycles. The summed E-state index contributed by atoms with van der Waals surface area (Å²) in [6, 6.07) is 16.9. The van der Waals surface area contributed by atoms with Crippen LogP contribution in [0.4, 0.5) is 5.69 Å². The number of rotatable bonds is 10. The summed E-state index contributed by atoms with van der Waals surface area (Å²) in [5.74, 6) is 0. The Kier molecular flexibility index (Phi) is 7.05. The molecule has 1 aromatic heterocycles. The first-order chi connectivity index (χ1) is 13.2. The molecule has 2 aromatic carbocycles. The van der Waals surface area contributed by atoms with Crippen molar-refractivity contribution in [3.05, 3.63) is 83.9 Å². The van der Waals surface area contributed by atoms with E-state index in [9.17, 15) is 0 Å². The summed E-state index contributed by atoms with van der Waals surface area (Å²) in [4.78, 5) is 4.14. The average Bonchev–Trinajstić information content (AvgIpc) is 3.19. The van der Waals surface area contributed by atoms with Crippen molar-refractivity contribution in [3.63, 3.8) is 0 Å². The van der Waals surface area contributed by atoms with Crippen LogP contribution < -0.4 is 5.73 Å². The minimum Gasteiger partial charge on any atom is -0.399 e. The van der Waals surface area contributed by atoms with Crippen LogP contribution in [0.5, 0.6) is 0 Å². The highest BCUT2D eigenvalue weighted by atomic mass is 16.5. The van der Waals surface area contributed by atoms with Gasteiger partial charge in [-0.05, 0) is 55.9 Å². The third-order valence-electron chi connectivity index (χ3n) is 4.79. The molecule has 0 aliphatic rings. The van der Waals surface area contributed by atoms with E-state index in [4.69, 9.17) is 10.5 Å².